The van der Waals surface area contributed by atoms with Gasteiger partial charge in [-0.25, -0.2) is 0 Å². The van der Waals surface area contributed by atoms with Gasteiger partial charge in [0.05, 0.1) is 0 Å². The number of ether oxygens (including phenoxy) is 1. The lowest BCUT2D eigenvalue weighted by Crippen LogP contribution is -2.11. The molecule has 0 saturated heterocycles. The molecule has 26 heavy (non-hydrogen) atoms. The molecule has 0 N–H and O–H groups in total. The fraction of sp³-hybridized carbons (Fsp3) is 0.263. The molecule has 1 heterocycles. The average molecular weight is 453 g/mol. The van der Waals surface area contributed by atoms with E-state index in [1.807, 2.05) is 49.4 Å². The number of thioether (sulfide) groups is 1. The first-order valence-electron chi connectivity index (χ1n) is 8.29. The van der Waals surface area contributed by atoms with Crippen LogP contribution in [-0.4, -0.2) is 14.8 Å². The van der Waals surface area contributed by atoms with Crippen LogP contribution in [0.15, 0.2) is 58.2 Å². The third kappa shape index (κ3) is 4.81. The van der Waals surface area contributed by atoms with Gasteiger partial charge in [0.15, 0.2) is 17.1 Å². The maximum absolute atomic E-state index is 6.06. The van der Waals surface area contributed by atoms with Crippen LogP contribution in [0.4, 0.5) is 0 Å². The second-order valence-electron chi connectivity index (χ2n) is 5.72. The first-order valence-corrected chi connectivity index (χ1v) is 10.4. The summed E-state index contributed by atoms with van der Waals surface area (Å²) in [7, 11) is 0. The molecule has 7 heteroatoms. The lowest BCUT2D eigenvalue weighted by Gasteiger charge is -2.15. The van der Waals surface area contributed by atoms with Crippen molar-refractivity contribution in [2.24, 2.45) is 0 Å². The normalized spacial score (nSPS) is 12.2. The van der Waals surface area contributed by atoms with Gasteiger partial charge in [-0.3, -0.25) is 0 Å². The van der Waals surface area contributed by atoms with Crippen molar-refractivity contribution in [1.29, 1.82) is 0 Å². The van der Waals surface area contributed by atoms with Crippen LogP contribution in [0.25, 0.3) is 0 Å². The van der Waals surface area contributed by atoms with E-state index < -0.39 is 0 Å². The van der Waals surface area contributed by atoms with Crippen LogP contribution in [-0.2, 0) is 12.3 Å². The molecule has 1 aromatic heterocycles. The maximum atomic E-state index is 6.06. The van der Waals surface area contributed by atoms with Crippen LogP contribution in [0.1, 0.15) is 31.3 Å². The second kappa shape index (κ2) is 8.93. The molecule has 1 unspecified atom stereocenters. The summed E-state index contributed by atoms with van der Waals surface area (Å²) in [5.74, 6) is 2.42. The van der Waals surface area contributed by atoms with E-state index in [1.165, 1.54) is 0 Å². The van der Waals surface area contributed by atoms with Crippen molar-refractivity contribution in [3.63, 3.8) is 0 Å². The van der Waals surface area contributed by atoms with Crippen molar-refractivity contribution >= 4 is 39.3 Å². The quantitative estimate of drug-likeness (QED) is 0.403. The molecule has 3 rings (SSSR count). The third-order valence-electron chi connectivity index (χ3n) is 3.81. The minimum absolute atomic E-state index is 0.191. The van der Waals surface area contributed by atoms with Crippen LogP contribution in [0.5, 0.6) is 5.75 Å². The van der Waals surface area contributed by atoms with Crippen molar-refractivity contribution in [1.82, 2.24) is 14.8 Å². The van der Waals surface area contributed by atoms with Crippen molar-refractivity contribution in [3.8, 4) is 5.75 Å². The van der Waals surface area contributed by atoms with E-state index in [9.17, 15) is 0 Å². The van der Waals surface area contributed by atoms with Crippen LogP contribution >= 0.6 is 39.3 Å². The van der Waals surface area contributed by atoms with Gasteiger partial charge in [0.25, 0.3) is 0 Å². The van der Waals surface area contributed by atoms with Crippen LogP contribution in [0.2, 0.25) is 5.02 Å². The summed E-state index contributed by atoms with van der Waals surface area (Å²) < 4.78 is 9.14. The van der Waals surface area contributed by atoms with Crippen LogP contribution in [0, 0.1) is 0 Å². The molecule has 3 aromatic rings. The number of benzene rings is 2. The van der Waals surface area contributed by atoms with E-state index in [0.29, 0.717) is 0 Å². The Morgan fingerprint density at radius 1 is 1.19 bits per heavy atom. The molecule has 4 nitrogen and oxygen atoms in total. The number of rotatable bonds is 7. The van der Waals surface area contributed by atoms with Gasteiger partial charge in [0.2, 0.25) is 0 Å². The Balaban J connectivity index is 1.71. The maximum Gasteiger partial charge on any atom is 0.191 e. The Kier molecular flexibility index (Phi) is 6.62. The first-order chi connectivity index (χ1) is 12.6. The number of halogens is 2. The highest BCUT2D eigenvalue weighted by Gasteiger charge is 2.18. The molecule has 0 saturated carbocycles. The summed E-state index contributed by atoms with van der Waals surface area (Å²) in [5.41, 5.74) is 1.16. The van der Waals surface area contributed by atoms with Crippen molar-refractivity contribution in [3.05, 3.63) is 69.4 Å². The Hall–Kier alpha value is -1.50. The van der Waals surface area contributed by atoms with E-state index in [-0.39, 0.29) is 6.10 Å². The molecule has 0 aliphatic rings. The van der Waals surface area contributed by atoms with Gasteiger partial charge in [-0.1, -0.05) is 51.4 Å². The largest absolute Gasteiger partial charge is 0.483 e. The zero-order chi connectivity index (χ0) is 18.5. The highest BCUT2D eigenvalue weighted by molar-refractivity contribution is 9.10. The Morgan fingerprint density at radius 3 is 2.65 bits per heavy atom. The molecule has 0 aliphatic heterocycles. The van der Waals surface area contributed by atoms with Crippen LogP contribution < -0.4 is 4.74 Å². The first kappa shape index (κ1) is 19.3. The molecule has 0 aliphatic carbocycles. The fourth-order valence-electron chi connectivity index (χ4n) is 2.55. The molecule has 0 spiro atoms. The smallest absolute Gasteiger partial charge is 0.191 e. The average Bonchev–Trinajstić information content (AvgIpc) is 3.05. The predicted molar refractivity (Wildman–Crippen MR) is 110 cm³/mol. The highest BCUT2D eigenvalue weighted by Crippen LogP contribution is 2.27. The molecular weight excluding hydrogens is 434 g/mol. The summed E-state index contributed by atoms with van der Waals surface area (Å²) in [5, 5.41) is 10.3. The SMILES string of the molecule is CCn1c(SCc2cccc(Cl)c2)nnc1C(C)Oc1ccc(Br)cc1. The summed E-state index contributed by atoms with van der Waals surface area (Å²) in [4.78, 5) is 0. The number of hydrogen-bond donors (Lipinski definition) is 0. The number of hydrogen-bond acceptors (Lipinski definition) is 4. The van der Waals surface area contributed by atoms with E-state index >= 15 is 0 Å². The fourth-order valence-corrected chi connectivity index (χ4v) is 3.98. The molecule has 1 atom stereocenters. The van der Waals surface area contributed by atoms with E-state index in [0.717, 1.165) is 44.1 Å². The molecule has 0 amide bonds. The van der Waals surface area contributed by atoms with Crippen molar-refractivity contribution in [2.45, 2.75) is 37.4 Å². The van der Waals surface area contributed by atoms with E-state index in [4.69, 9.17) is 16.3 Å². The van der Waals surface area contributed by atoms with Gasteiger partial charge >= 0.3 is 0 Å². The van der Waals surface area contributed by atoms with Gasteiger partial charge in [-0.2, -0.15) is 0 Å². The van der Waals surface area contributed by atoms with Gasteiger partial charge in [0, 0.05) is 21.8 Å². The lowest BCUT2D eigenvalue weighted by molar-refractivity contribution is 0.210. The Bertz CT molecular complexity index is 869. The van der Waals surface area contributed by atoms with Gasteiger partial charge < -0.3 is 9.30 Å². The number of nitrogens with zero attached hydrogens (tertiary/aromatic N) is 3. The summed E-state index contributed by atoms with van der Waals surface area (Å²) >= 11 is 11.1. The summed E-state index contributed by atoms with van der Waals surface area (Å²) in [6.45, 7) is 4.86. The minimum Gasteiger partial charge on any atom is -0.483 e. The zero-order valence-electron chi connectivity index (χ0n) is 14.5. The van der Waals surface area contributed by atoms with E-state index in [1.54, 1.807) is 11.8 Å². The zero-order valence-corrected chi connectivity index (χ0v) is 17.7. The predicted octanol–water partition coefficient (Wildman–Crippen LogP) is 6.15. The third-order valence-corrected chi connectivity index (χ3v) is 5.61. The van der Waals surface area contributed by atoms with Crippen molar-refractivity contribution in [2.75, 3.05) is 0 Å². The molecule has 0 bridgehead atoms. The van der Waals surface area contributed by atoms with Crippen molar-refractivity contribution < 1.29 is 4.74 Å². The molecular formula is C19H19BrClN3OS. The highest BCUT2D eigenvalue weighted by atomic mass is 79.9. The summed E-state index contributed by atoms with van der Waals surface area (Å²) in [6, 6.07) is 15.7. The molecule has 2 aromatic carbocycles. The Morgan fingerprint density at radius 2 is 1.96 bits per heavy atom. The lowest BCUT2D eigenvalue weighted by atomic mass is 10.2. The van der Waals surface area contributed by atoms with Gasteiger partial charge in [0.1, 0.15) is 5.75 Å². The van der Waals surface area contributed by atoms with Crippen LogP contribution in [0.3, 0.4) is 0 Å². The molecule has 0 fully saturated rings. The Labute approximate surface area is 171 Å². The van der Waals surface area contributed by atoms with E-state index in [2.05, 4.69) is 43.7 Å². The second-order valence-corrected chi connectivity index (χ2v) is 8.01. The molecule has 136 valence electrons. The van der Waals surface area contributed by atoms with Gasteiger partial charge in [-0.05, 0) is 55.8 Å². The van der Waals surface area contributed by atoms with Gasteiger partial charge in [-0.15, -0.1) is 10.2 Å². The topological polar surface area (TPSA) is 39.9 Å². The summed E-state index contributed by atoms with van der Waals surface area (Å²) in [6.07, 6.45) is -0.191. The monoisotopic (exact) mass is 451 g/mol. The minimum atomic E-state index is -0.191. The number of aromatic nitrogens is 3. The standard InChI is InChI=1S/C19H19BrClN3OS/c1-3-24-18(13(2)25-17-9-7-15(20)8-10-17)22-23-19(24)26-12-14-5-4-6-16(21)11-14/h4-11,13H,3,12H2,1-2H3. The molecule has 0 radical (unpaired) electrons.